The topological polar surface area (TPSA) is 20.7 Å². The van der Waals surface area contributed by atoms with Crippen molar-refractivity contribution in [1.82, 2.24) is 9.55 Å². The largest absolute Gasteiger partial charge is 0.331 e. The van der Waals surface area contributed by atoms with Crippen molar-refractivity contribution in [3.05, 3.63) is 26.3 Å². The van der Waals surface area contributed by atoms with E-state index >= 15 is 0 Å². The first kappa shape index (κ1) is 14.5. The van der Waals surface area contributed by atoms with Crippen LogP contribution in [0.1, 0.15) is 39.2 Å². The van der Waals surface area contributed by atoms with Crippen molar-refractivity contribution in [2.75, 3.05) is 0 Å². The Kier molecular flexibility index (Phi) is 3.92. The van der Waals surface area contributed by atoms with Gasteiger partial charge in [-0.2, -0.15) is 0 Å². The third kappa shape index (κ3) is 2.43. The Balaban J connectivity index is 2.09. The summed E-state index contributed by atoms with van der Waals surface area (Å²) in [6.07, 6.45) is 3.46. The van der Waals surface area contributed by atoms with Crippen molar-refractivity contribution in [1.29, 1.82) is 0 Å². The van der Waals surface area contributed by atoms with Crippen molar-refractivity contribution < 1.29 is 4.39 Å². The third-order valence-electron chi connectivity index (χ3n) is 4.69. The fraction of sp³-hybridized carbons (Fsp3) is 0.533. The van der Waals surface area contributed by atoms with Crippen LogP contribution >= 0.6 is 34.8 Å². The van der Waals surface area contributed by atoms with E-state index in [0.717, 1.165) is 29.8 Å². The molecule has 1 heterocycles. The molecule has 2 nitrogen and oxygen atoms in total. The highest BCUT2D eigenvalue weighted by atomic mass is 127. The lowest BCUT2D eigenvalue weighted by molar-refractivity contribution is 0.212. The Morgan fingerprint density at radius 2 is 2.05 bits per heavy atom. The molecule has 3 rings (SSSR count). The molecule has 1 aromatic carbocycles. The summed E-state index contributed by atoms with van der Waals surface area (Å²) >= 11 is 7.49. The highest BCUT2D eigenvalue weighted by Gasteiger charge is 2.27. The Morgan fingerprint density at radius 3 is 2.75 bits per heavy atom. The standard InChI is InChI=1S/C15H18FIN2S/c1-8-3-4-10(5-9(8)2)19-14-6-11(16)12(17)7-13(14)18-15(19)20/h6-10H,3-5H2,1-2H3,(H,18,20). The Bertz CT molecular complexity index is 706. The van der Waals surface area contributed by atoms with Crippen LogP contribution in [0.4, 0.5) is 4.39 Å². The first-order valence-corrected chi connectivity index (χ1v) is 8.55. The van der Waals surface area contributed by atoms with E-state index in [9.17, 15) is 4.39 Å². The van der Waals surface area contributed by atoms with Gasteiger partial charge in [0.2, 0.25) is 0 Å². The van der Waals surface area contributed by atoms with Crippen LogP contribution in [0.15, 0.2) is 12.1 Å². The summed E-state index contributed by atoms with van der Waals surface area (Å²) in [6, 6.07) is 3.85. The Morgan fingerprint density at radius 1 is 1.30 bits per heavy atom. The molecule has 3 atom stereocenters. The Hall–Kier alpha value is -0.430. The van der Waals surface area contributed by atoms with Gasteiger partial charge in [-0.3, -0.25) is 0 Å². The van der Waals surface area contributed by atoms with Gasteiger partial charge in [0, 0.05) is 12.1 Å². The van der Waals surface area contributed by atoms with Gasteiger partial charge < -0.3 is 9.55 Å². The lowest BCUT2D eigenvalue weighted by Gasteiger charge is -2.33. The fourth-order valence-electron chi connectivity index (χ4n) is 3.24. The number of hydrogen-bond donors (Lipinski definition) is 1. The number of nitrogens with one attached hydrogen (secondary N) is 1. The van der Waals surface area contributed by atoms with Crippen molar-refractivity contribution in [3.63, 3.8) is 0 Å². The lowest BCUT2D eigenvalue weighted by Crippen LogP contribution is -2.23. The second-order valence-corrected chi connectivity index (χ2v) is 7.55. The highest BCUT2D eigenvalue weighted by molar-refractivity contribution is 14.1. The second kappa shape index (κ2) is 5.40. The molecule has 5 heteroatoms. The van der Waals surface area contributed by atoms with Gasteiger partial charge in [-0.1, -0.05) is 13.8 Å². The van der Waals surface area contributed by atoms with Gasteiger partial charge in [0.05, 0.1) is 14.6 Å². The van der Waals surface area contributed by atoms with Crippen molar-refractivity contribution in [3.8, 4) is 0 Å². The second-order valence-electron chi connectivity index (χ2n) is 6.01. The number of aromatic amines is 1. The zero-order chi connectivity index (χ0) is 14.4. The van der Waals surface area contributed by atoms with E-state index in [1.165, 1.54) is 6.42 Å². The zero-order valence-electron chi connectivity index (χ0n) is 11.6. The summed E-state index contributed by atoms with van der Waals surface area (Å²) in [5, 5.41) is 0. The van der Waals surface area contributed by atoms with Gasteiger partial charge in [0.25, 0.3) is 0 Å². The van der Waals surface area contributed by atoms with Crippen LogP contribution in [0, 0.1) is 26.0 Å². The number of imidazole rings is 1. The maximum Gasteiger partial charge on any atom is 0.178 e. The summed E-state index contributed by atoms with van der Waals surface area (Å²) in [4.78, 5) is 3.22. The molecule has 0 saturated heterocycles. The van der Waals surface area contributed by atoms with E-state index in [1.54, 1.807) is 6.07 Å². The van der Waals surface area contributed by atoms with E-state index in [0.29, 0.717) is 20.3 Å². The molecule has 108 valence electrons. The SMILES string of the molecule is CC1CCC(n2c(=S)[nH]c3cc(I)c(F)cc32)CC1C. The number of halogens is 2. The number of hydrogen-bond acceptors (Lipinski definition) is 1. The minimum absolute atomic E-state index is 0.168. The van der Waals surface area contributed by atoms with Gasteiger partial charge >= 0.3 is 0 Å². The molecule has 0 aliphatic heterocycles. The van der Waals surface area contributed by atoms with E-state index < -0.39 is 0 Å². The lowest BCUT2D eigenvalue weighted by atomic mass is 9.79. The van der Waals surface area contributed by atoms with Gasteiger partial charge in [-0.15, -0.1) is 0 Å². The van der Waals surface area contributed by atoms with Crippen LogP contribution in [0.2, 0.25) is 0 Å². The van der Waals surface area contributed by atoms with Crippen LogP contribution in [0.25, 0.3) is 11.0 Å². The molecule has 1 aliphatic carbocycles. The number of nitrogens with zero attached hydrogens (tertiary/aromatic N) is 1. The molecule has 2 aromatic rings. The number of benzene rings is 1. The zero-order valence-corrected chi connectivity index (χ0v) is 14.6. The smallest absolute Gasteiger partial charge is 0.178 e. The predicted octanol–water partition coefficient (Wildman–Crippen LogP) is 5.44. The van der Waals surface area contributed by atoms with Crippen molar-refractivity contribution in [2.45, 2.75) is 39.2 Å². The summed E-state index contributed by atoms with van der Waals surface area (Å²) in [7, 11) is 0. The van der Waals surface area contributed by atoms with E-state index in [1.807, 2.05) is 28.7 Å². The van der Waals surface area contributed by atoms with E-state index in [-0.39, 0.29) is 5.82 Å². The molecule has 0 amide bonds. The van der Waals surface area contributed by atoms with E-state index in [2.05, 4.69) is 23.4 Å². The molecule has 3 unspecified atom stereocenters. The summed E-state index contributed by atoms with van der Waals surface area (Å²) in [5.74, 6) is 1.29. The average molecular weight is 404 g/mol. The highest BCUT2D eigenvalue weighted by Crippen LogP contribution is 2.38. The van der Waals surface area contributed by atoms with Gasteiger partial charge in [0.1, 0.15) is 5.82 Å². The quantitative estimate of drug-likeness (QED) is 0.496. The molecule has 20 heavy (non-hydrogen) atoms. The molecule has 1 saturated carbocycles. The fourth-order valence-corrected chi connectivity index (χ4v) is 4.06. The number of H-pyrrole nitrogens is 1. The first-order chi connectivity index (χ1) is 9.47. The predicted molar refractivity (Wildman–Crippen MR) is 91.0 cm³/mol. The van der Waals surface area contributed by atoms with Gasteiger partial charge in [-0.25, -0.2) is 4.39 Å². The van der Waals surface area contributed by atoms with Crippen LogP contribution in [0.3, 0.4) is 0 Å². The normalized spacial score (nSPS) is 27.1. The molecule has 1 N–H and O–H groups in total. The molecule has 1 fully saturated rings. The van der Waals surface area contributed by atoms with E-state index in [4.69, 9.17) is 12.2 Å². The van der Waals surface area contributed by atoms with Gasteiger partial charge in [-0.05, 0) is 72.0 Å². The first-order valence-electron chi connectivity index (χ1n) is 7.06. The van der Waals surface area contributed by atoms with Crippen LogP contribution in [-0.2, 0) is 0 Å². The molecule has 1 aliphatic rings. The maximum absolute atomic E-state index is 13.9. The van der Waals surface area contributed by atoms with Crippen LogP contribution in [0.5, 0.6) is 0 Å². The number of fused-ring (bicyclic) bond motifs is 1. The summed E-state index contributed by atoms with van der Waals surface area (Å²) in [6.45, 7) is 4.62. The number of aromatic nitrogens is 2. The Labute approximate surface area is 136 Å². The molecule has 1 aromatic heterocycles. The van der Waals surface area contributed by atoms with Crippen molar-refractivity contribution >= 4 is 45.8 Å². The van der Waals surface area contributed by atoms with Crippen LogP contribution < -0.4 is 0 Å². The summed E-state index contributed by atoms with van der Waals surface area (Å²) < 4.78 is 17.4. The van der Waals surface area contributed by atoms with Crippen LogP contribution in [-0.4, -0.2) is 9.55 Å². The average Bonchev–Trinajstić information content (AvgIpc) is 2.69. The molecular formula is C15H18FIN2S. The third-order valence-corrected chi connectivity index (χ3v) is 5.82. The van der Waals surface area contributed by atoms with Crippen molar-refractivity contribution in [2.24, 2.45) is 11.8 Å². The molecule has 0 spiro atoms. The molecular weight excluding hydrogens is 386 g/mol. The van der Waals surface area contributed by atoms with Gasteiger partial charge in [0.15, 0.2) is 4.77 Å². The number of rotatable bonds is 1. The molecule has 0 bridgehead atoms. The minimum atomic E-state index is -0.168. The monoisotopic (exact) mass is 404 g/mol. The molecule has 0 radical (unpaired) electrons. The minimum Gasteiger partial charge on any atom is -0.331 e. The maximum atomic E-state index is 13.9. The summed E-state index contributed by atoms with van der Waals surface area (Å²) in [5.41, 5.74) is 1.84.